The molecule has 0 bridgehead atoms. The first-order chi connectivity index (χ1) is 18.7. The Kier molecular flexibility index (Phi) is 11.6. The molecule has 0 aromatic carbocycles. The lowest BCUT2D eigenvalue weighted by molar-refractivity contribution is -0.386. The van der Waals surface area contributed by atoms with E-state index >= 15 is 0 Å². The summed E-state index contributed by atoms with van der Waals surface area (Å²) in [4.78, 5) is 50.6. The highest BCUT2D eigenvalue weighted by Crippen LogP contribution is 2.37. The van der Waals surface area contributed by atoms with Crippen molar-refractivity contribution >= 4 is 63.1 Å². The van der Waals surface area contributed by atoms with Crippen molar-refractivity contribution in [2.75, 3.05) is 12.3 Å². The number of carbonyl (C=O) groups is 3. The van der Waals surface area contributed by atoms with Crippen LogP contribution in [0, 0.1) is 10.8 Å². The average molecular weight is 639 g/mol. The van der Waals surface area contributed by atoms with Crippen LogP contribution in [0.4, 0.5) is 9.59 Å². The zero-order valence-electron chi connectivity index (χ0n) is 23.6. The zero-order chi connectivity index (χ0) is 29.7. The molecule has 3 N–H and O–H groups in total. The fourth-order valence-electron chi connectivity index (χ4n) is 4.69. The normalized spacial score (nSPS) is 26.3. The fourth-order valence-corrected chi connectivity index (χ4v) is 10.2. The van der Waals surface area contributed by atoms with Crippen molar-refractivity contribution in [3.63, 3.8) is 0 Å². The lowest BCUT2D eigenvalue weighted by atomic mass is 10.0. The second-order valence-electron chi connectivity index (χ2n) is 11.7. The van der Waals surface area contributed by atoms with Crippen LogP contribution >= 0.6 is 35.1 Å². The third-order valence-electron chi connectivity index (χ3n) is 6.53. The van der Waals surface area contributed by atoms with Crippen molar-refractivity contribution in [2.45, 2.75) is 107 Å². The van der Waals surface area contributed by atoms with Gasteiger partial charge >= 0.3 is 22.0 Å². The molecule has 15 heteroatoms. The number of fused-ring (bicyclic) bond motifs is 1. The Morgan fingerprint density at radius 2 is 2.00 bits per heavy atom. The molecule has 40 heavy (non-hydrogen) atoms. The molecule has 3 aliphatic rings. The maximum atomic E-state index is 14.1. The first-order valence-electron chi connectivity index (χ1n) is 13.6. The molecule has 11 nitrogen and oxygen atoms in total. The summed E-state index contributed by atoms with van der Waals surface area (Å²) in [6.45, 7) is 8.83. The quantitative estimate of drug-likeness (QED) is 0.156. The number of halogens is 1. The van der Waals surface area contributed by atoms with Gasteiger partial charge in [0.2, 0.25) is 6.54 Å². The van der Waals surface area contributed by atoms with Crippen molar-refractivity contribution in [3.05, 3.63) is 15.3 Å². The van der Waals surface area contributed by atoms with Crippen molar-refractivity contribution in [2.24, 2.45) is 10.3 Å². The molecule has 2 fully saturated rings. The fraction of sp³-hybridized carbons (Fsp3) is 0.800. The lowest BCUT2D eigenvalue weighted by Crippen LogP contribution is -2.44. The molecule has 3 heterocycles. The molecular weight excluding hydrogens is 598 g/mol. The minimum Gasteiger partial charge on any atom is -0.444 e. The van der Waals surface area contributed by atoms with Gasteiger partial charge in [0.15, 0.2) is 4.58 Å². The SMILES string of the molecule is CC(C)C[C@H](NC(=O)OC(C)(C)C)C(=O)N=S(=O)(C1CC(Cl)=CS1)[N+](=O)CCCCCC1SC[C@@H]2NC(=O)N[C@H]12. The summed E-state index contributed by atoms with van der Waals surface area (Å²) in [5.41, 5.74) is -0.769. The molecule has 3 aliphatic heterocycles. The maximum absolute atomic E-state index is 14.1. The number of amides is 4. The van der Waals surface area contributed by atoms with E-state index in [9.17, 15) is 23.5 Å². The molecule has 2 saturated heterocycles. The number of unbranched alkanes of at least 4 members (excludes halogenated alkanes) is 2. The summed E-state index contributed by atoms with van der Waals surface area (Å²) in [5.74, 6) is 0.0714. The minimum atomic E-state index is -3.72. The highest BCUT2D eigenvalue weighted by molar-refractivity contribution is 8.14. The number of hydrogen-bond acceptors (Lipinski definition) is 8. The third kappa shape index (κ3) is 9.25. The first-order valence-corrected chi connectivity index (χ1v) is 17.5. The number of nitroso groups, excluding NO2 is 1. The van der Waals surface area contributed by atoms with Crippen LogP contribution in [0.2, 0.25) is 0 Å². The van der Waals surface area contributed by atoms with Crippen molar-refractivity contribution in [3.8, 4) is 0 Å². The van der Waals surface area contributed by atoms with Crippen LogP contribution in [-0.4, -0.2) is 72.3 Å². The van der Waals surface area contributed by atoms with E-state index in [0.29, 0.717) is 20.9 Å². The molecular formula is C25H41ClN5O6S3+. The number of carbonyl (C=O) groups excluding carboxylic acids is 3. The van der Waals surface area contributed by atoms with E-state index in [1.165, 1.54) is 0 Å². The van der Waals surface area contributed by atoms with Gasteiger partial charge in [-0.2, -0.15) is 16.0 Å². The topological polar surface area (TPSA) is 146 Å². The summed E-state index contributed by atoms with van der Waals surface area (Å²) >= 11 is 9.10. The molecule has 0 aliphatic carbocycles. The maximum Gasteiger partial charge on any atom is 0.408 e. The van der Waals surface area contributed by atoms with E-state index < -0.39 is 38.1 Å². The first kappa shape index (κ1) is 33.0. The molecule has 3 unspecified atom stereocenters. The Labute approximate surface area is 250 Å². The number of nitrogens with one attached hydrogen (secondary N) is 3. The summed E-state index contributed by atoms with van der Waals surface area (Å²) in [6.07, 6.45) is 2.57. The van der Waals surface area contributed by atoms with E-state index in [-0.39, 0.29) is 43.4 Å². The summed E-state index contributed by atoms with van der Waals surface area (Å²) in [5, 5.41) is 10.8. The van der Waals surface area contributed by atoms with E-state index in [1.54, 1.807) is 26.2 Å². The van der Waals surface area contributed by atoms with Crippen molar-refractivity contribution in [1.82, 2.24) is 16.0 Å². The van der Waals surface area contributed by atoms with Gasteiger partial charge < -0.3 is 20.7 Å². The number of nitrogens with zero attached hydrogens (tertiary/aromatic N) is 2. The highest BCUT2D eigenvalue weighted by atomic mass is 35.5. The summed E-state index contributed by atoms with van der Waals surface area (Å²) < 4.78 is 23.0. The van der Waals surface area contributed by atoms with Gasteiger partial charge in [-0.3, -0.25) is 4.79 Å². The van der Waals surface area contributed by atoms with E-state index in [2.05, 4.69) is 20.3 Å². The van der Waals surface area contributed by atoms with Crippen LogP contribution in [-0.2, 0) is 19.4 Å². The van der Waals surface area contributed by atoms with Gasteiger partial charge in [0.25, 0.3) is 5.91 Å². The Hall–Kier alpha value is -1.51. The van der Waals surface area contributed by atoms with E-state index in [1.807, 2.05) is 25.6 Å². The van der Waals surface area contributed by atoms with Gasteiger partial charge in [0.1, 0.15) is 15.8 Å². The Morgan fingerprint density at radius 1 is 1.27 bits per heavy atom. The number of hydrogen-bond donors (Lipinski definition) is 3. The van der Waals surface area contributed by atoms with Crippen molar-refractivity contribution < 1.29 is 27.5 Å². The van der Waals surface area contributed by atoms with Gasteiger partial charge in [-0.15, -0.1) is 11.8 Å². The number of allylic oxidation sites excluding steroid dienone is 1. The van der Waals surface area contributed by atoms with Crippen LogP contribution in [0.25, 0.3) is 0 Å². The Bertz CT molecular complexity index is 1130. The molecule has 0 radical (unpaired) electrons. The van der Waals surface area contributed by atoms with Gasteiger partial charge in [-0.25, -0.2) is 9.59 Å². The Morgan fingerprint density at radius 3 is 2.62 bits per heavy atom. The van der Waals surface area contributed by atoms with Crippen LogP contribution in [0.5, 0.6) is 0 Å². The standard InChI is InChI=1S/C25H40ClN5O6S3/c1-15(2)11-17(28-24(34)37-25(3,4)5)22(32)30-40(36,20-12-16(26)13-39-20)31(35)10-8-6-7-9-19-21-18(14-38-19)27-23(33)29-21/h13,15,17-21H,6-12,14H2,1-5H3,(H2-,27,28,29,33,34)/p+1/t17-,18-,19?,20?,21-,40?/m0/s1. The van der Waals surface area contributed by atoms with Gasteiger partial charge in [0, 0.05) is 33.8 Å². The second-order valence-corrected chi connectivity index (χ2v) is 17.0. The summed E-state index contributed by atoms with van der Waals surface area (Å²) in [6, 6.07) is -0.914. The van der Waals surface area contributed by atoms with Crippen LogP contribution < -0.4 is 16.0 Å². The predicted molar refractivity (Wildman–Crippen MR) is 161 cm³/mol. The largest absolute Gasteiger partial charge is 0.444 e. The molecule has 0 aromatic heterocycles. The minimum absolute atomic E-state index is 0.0112. The highest BCUT2D eigenvalue weighted by Gasteiger charge is 2.43. The van der Waals surface area contributed by atoms with Gasteiger partial charge in [-0.05, 0) is 51.4 Å². The Balaban J connectivity index is 1.65. The number of ether oxygens (including phenoxy) is 1. The van der Waals surface area contributed by atoms with E-state index in [4.69, 9.17) is 16.3 Å². The molecule has 4 amide bonds. The third-order valence-corrected chi connectivity index (χ3v) is 12.5. The second kappa shape index (κ2) is 14.1. The number of rotatable bonds is 12. The molecule has 0 spiro atoms. The number of alkyl carbamates (subject to hydrolysis) is 1. The lowest BCUT2D eigenvalue weighted by Gasteiger charge is -2.23. The van der Waals surface area contributed by atoms with Gasteiger partial charge in [0.05, 0.1) is 12.1 Å². The molecule has 3 rings (SSSR count). The monoisotopic (exact) mass is 638 g/mol. The molecule has 0 saturated carbocycles. The predicted octanol–water partition coefficient (Wildman–Crippen LogP) is 4.88. The van der Waals surface area contributed by atoms with Crippen LogP contribution in [0.1, 0.15) is 73.1 Å². The van der Waals surface area contributed by atoms with Crippen molar-refractivity contribution in [1.29, 1.82) is 0 Å². The van der Waals surface area contributed by atoms with Crippen LogP contribution in [0.3, 0.4) is 0 Å². The van der Waals surface area contributed by atoms with Gasteiger partial charge in [-0.1, -0.05) is 36.2 Å². The smallest absolute Gasteiger partial charge is 0.408 e. The van der Waals surface area contributed by atoms with E-state index in [0.717, 1.165) is 36.8 Å². The average Bonchev–Trinajstić information content (AvgIpc) is 3.53. The number of thioether (sulfide) groups is 2. The molecule has 226 valence electrons. The summed E-state index contributed by atoms with van der Waals surface area (Å²) in [7, 11) is -3.72. The van der Waals surface area contributed by atoms with Crippen LogP contribution in [0.15, 0.2) is 14.8 Å². The number of urea groups is 1. The molecule has 0 aromatic rings. The molecule has 6 atom stereocenters. The zero-order valence-corrected chi connectivity index (χ0v) is 26.9.